The molecule has 0 fully saturated rings. The van der Waals surface area contributed by atoms with E-state index in [-0.39, 0.29) is 0 Å². The van der Waals surface area contributed by atoms with Crippen LogP contribution in [0.2, 0.25) is 0 Å². The maximum Gasteiger partial charge on any atom is 0.205 e. The zero-order chi connectivity index (χ0) is 32.5. The number of hydrogen-bond acceptors (Lipinski definition) is 1. The number of para-hydroxylation sites is 3. The van der Waals surface area contributed by atoms with Crippen LogP contribution in [-0.2, 0) is 0 Å². The molecule has 48 heavy (non-hydrogen) atoms. The lowest BCUT2D eigenvalue weighted by Gasteiger charge is -2.36. The van der Waals surface area contributed by atoms with Crippen LogP contribution in [0.3, 0.4) is 0 Å². The van der Waals surface area contributed by atoms with Gasteiger partial charge in [0.2, 0.25) is 5.69 Å². The van der Waals surface area contributed by atoms with Crippen LogP contribution in [0, 0.1) is 17.9 Å². The number of aromatic nitrogens is 1. The van der Waals surface area contributed by atoms with Gasteiger partial charge in [-0.2, -0.15) is 5.26 Å². The molecule has 7 aromatic carbocycles. The molecule has 0 aliphatic heterocycles. The van der Waals surface area contributed by atoms with E-state index in [9.17, 15) is 5.26 Å². The summed E-state index contributed by atoms with van der Waals surface area (Å²) in [6.07, 6.45) is 0. The lowest BCUT2D eigenvalue weighted by atomic mass is 10.00. The van der Waals surface area contributed by atoms with Crippen LogP contribution in [0.5, 0.6) is 0 Å². The number of nitriles is 1. The monoisotopic (exact) mass is 627 g/mol. The molecule has 0 spiro atoms. The quantitative estimate of drug-likeness (QED) is 0.104. The Balaban J connectivity index is 1.50. The van der Waals surface area contributed by atoms with Crippen molar-refractivity contribution in [1.82, 2.24) is 4.57 Å². The lowest BCUT2D eigenvalue weighted by Crippen LogP contribution is -2.74. The number of rotatable bonds is 6. The molecule has 0 bridgehead atoms. The van der Waals surface area contributed by atoms with Gasteiger partial charge in [-0.05, 0) is 50.6 Å². The largest absolute Gasteiger partial charge is 0.309 e. The normalized spacial score (nSPS) is 11.3. The van der Waals surface area contributed by atoms with E-state index in [0.29, 0.717) is 11.3 Å². The maximum absolute atomic E-state index is 10.7. The van der Waals surface area contributed by atoms with Crippen molar-refractivity contribution in [1.29, 1.82) is 5.26 Å². The van der Waals surface area contributed by atoms with E-state index in [1.165, 1.54) is 10.8 Å². The van der Waals surface area contributed by atoms with E-state index < -0.39 is 8.07 Å². The van der Waals surface area contributed by atoms with Crippen LogP contribution in [0.4, 0.5) is 5.69 Å². The summed E-state index contributed by atoms with van der Waals surface area (Å²) < 4.78 is 2.32. The van der Waals surface area contributed by atoms with Gasteiger partial charge in [-0.25, -0.2) is 4.85 Å². The summed E-state index contributed by atoms with van der Waals surface area (Å²) >= 11 is 0. The molecule has 8 aromatic rings. The van der Waals surface area contributed by atoms with Crippen molar-refractivity contribution in [3.05, 3.63) is 193 Å². The highest BCUT2D eigenvalue weighted by atomic mass is 28.3. The SMILES string of the molecule is [C-]#[N+]c1c(C#N)cc(-c2ccccc2-n2c3ccccc3c3ccccc32)cc1[Si](c1ccccc1)(c1ccccc1)c1ccccc1. The van der Waals surface area contributed by atoms with Crippen LogP contribution in [0.25, 0.3) is 43.5 Å². The van der Waals surface area contributed by atoms with Gasteiger partial charge in [0.05, 0.1) is 34.9 Å². The Hall–Kier alpha value is -6.46. The molecule has 3 nitrogen and oxygen atoms in total. The zero-order valence-electron chi connectivity index (χ0n) is 26.1. The minimum atomic E-state index is -3.12. The Morgan fingerprint density at radius 1 is 0.542 bits per heavy atom. The molecule has 224 valence electrons. The van der Waals surface area contributed by atoms with Gasteiger partial charge >= 0.3 is 0 Å². The predicted molar refractivity (Wildman–Crippen MR) is 201 cm³/mol. The van der Waals surface area contributed by atoms with Crippen LogP contribution in [0.15, 0.2) is 176 Å². The van der Waals surface area contributed by atoms with Crippen molar-refractivity contribution in [2.45, 2.75) is 0 Å². The van der Waals surface area contributed by atoms with Crippen molar-refractivity contribution >= 4 is 56.3 Å². The Kier molecular flexibility index (Phi) is 7.27. The minimum Gasteiger partial charge on any atom is -0.309 e. The molecule has 0 saturated heterocycles. The fourth-order valence-corrected chi connectivity index (χ4v) is 12.3. The van der Waals surface area contributed by atoms with Crippen molar-refractivity contribution in [3.8, 4) is 22.9 Å². The molecule has 4 heteroatoms. The Morgan fingerprint density at radius 2 is 1.00 bits per heavy atom. The maximum atomic E-state index is 10.7. The average molecular weight is 628 g/mol. The van der Waals surface area contributed by atoms with Gasteiger partial charge in [-0.15, -0.1) is 0 Å². The van der Waals surface area contributed by atoms with E-state index in [1.807, 2.05) is 24.3 Å². The summed E-state index contributed by atoms with van der Waals surface area (Å²) in [5, 5.41) is 17.4. The third-order valence-electron chi connectivity index (χ3n) is 9.40. The summed E-state index contributed by atoms with van der Waals surface area (Å²) in [7, 11) is -3.12. The molecule has 1 heterocycles. The van der Waals surface area contributed by atoms with Crippen molar-refractivity contribution < 1.29 is 0 Å². The Bertz CT molecular complexity index is 2370. The Labute approximate surface area is 281 Å². The first kappa shape index (κ1) is 29.0. The molecule has 0 unspecified atom stereocenters. The first-order valence-electron chi connectivity index (χ1n) is 16.0. The van der Waals surface area contributed by atoms with Crippen LogP contribution < -0.4 is 20.7 Å². The molecular weight excluding hydrogens is 599 g/mol. The second-order valence-corrected chi connectivity index (χ2v) is 15.6. The molecule has 0 aliphatic carbocycles. The molecule has 0 radical (unpaired) electrons. The van der Waals surface area contributed by atoms with Crippen LogP contribution in [0.1, 0.15) is 5.56 Å². The third kappa shape index (κ3) is 4.48. The highest BCUT2D eigenvalue weighted by molar-refractivity contribution is 7.20. The van der Waals surface area contributed by atoms with Gasteiger partial charge in [0, 0.05) is 16.3 Å². The second-order valence-electron chi connectivity index (χ2n) is 11.9. The molecule has 8 rings (SSSR count). The fraction of sp³-hybridized carbons (Fsp3) is 0. The molecule has 0 N–H and O–H groups in total. The average Bonchev–Trinajstić information content (AvgIpc) is 3.50. The number of fused-ring (bicyclic) bond motifs is 3. The highest BCUT2D eigenvalue weighted by Crippen LogP contribution is 2.37. The van der Waals surface area contributed by atoms with E-state index in [4.69, 9.17) is 6.57 Å². The van der Waals surface area contributed by atoms with Gasteiger partial charge in [0.1, 0.15) is 0 Å². The van der Waals surface area contributed by atoms with E-state index >= 15 is 0 Å². The minimum absolute atomic E-state index is 0.384. The highest BCUT2D eigenvalue weighted by Gasteiger charge is 2.43. The van der Waals surface area contributed by atoms with Gasteiger partial charge in [-0.3, -0.25) is 0 Å². The number of hydrogen-bond donors (Lipinski definition) is 0. The topological polar surface area (TPSA) is 33.1 Å². The third-order valence-corrected chi connectivity index (χ3v) is 14.2. The van der Waals surface area contributed by atoms with Crippen molar-refractivity contribution in [2.24, 2.45) is 0 Å². The summed E-state index contributed by atoms with van der Waals surface area (Å²) in [6.45, 7) is 8.50. The van der Waals surface area contributed by atoms with Crippen LogP contribution >= 0.6 is 0 Å². The lowest BCUT2D eigenvalue weighted by molar-refractivity contribution is 1.18. The van der Waals surface area contributed by atoms with Gasteiger partial charge in [0.15, 0.2) is 8.07 Å². The molecule has 0 amide bonds. The molecule has 0 saturated carbocycles. The summed E-state index contributed by atoms with van der Waals surface area (Å²) in [4.78, 5) is 4.13. The second kappa shape index (κ2) is 12.0. The van der Waals surface area contributed by atoms with Gasteiger partial charge < -0.3 is 4.57 Å². The van der Waals surface area contributed by atoms with Gasteiger partial charge in [-0.1, -0.05) is 152 Å². The summed E-state index contributed by atoms with van der Waals surface area (Å²) in [5.74, 6) is 0. The van der Waals surface area contributed by atoms with E-state index in [1.54, 1.807) is 0 Å². The van der Waals surface area contributed by atoms with Gasteiger partial charge in [0.25, 0.3) is 0 Å². The number of benzene rings is 7. The predicted octanol–water partition coefficient (Wildman–Crippen LogP) is 8.25. The molecule has 0 aliphatic rings. The smallest absolute Gasteiger partial charge is 0.205 e. The molecule has 1 aromatic heterocycles. The first-order chi connectivity index (χ1) is 23.8. The summed E-state index contributed by atoms with van der Waals surface area (Å²) in [5.41, 5.74) is 5.96. The molecular formula is C44H29N3Si. The first-order valence-corrected chi connectivity index (χ1v) is 18.0. The zero-order valence-corrected chi connectivity index (χ0v) is 27.1. The van der Waals surface area contributed by atoms with Crippen molar-refractivity contribution in [2.75, 3.05) is 0 Å². The summed E-state index contributed by atoms with van der Waals surface area (Å²) in [6, 6.07) is 63.6. The Morgan fingerprint density at radius 3 is 1.50 bits per heavy atom. The van der Waals surface area contributed by atoms with E-state index in [2.05, 4.69) is 167 Å². The standard InChI is InChI=1S/C44H29N3Si/c1-46-44-33(31-45)29-32(37-23-11-14-26-40(37)47-41-27-15-12-24-38(41)39-25-13-16-28-42(39)47)30-43(44)48(34-17-5-2-6-18-34,35-19-7-3-8-20-35)36-21-9-4-10-22-36/h2-30H. The van der Waals surface area contributed by atoms with Crippen LogP contribution in [-0.4, -0.2) is 12.6 Å². The van der Waals surface area contributed by atoms with E-state index in [0.717, 1.165) is 48.6 Å². The number of nitrogens with zero attached hydrogens (tertiary/aromatic N) is 3. The van der Waals surface area contributed by atoms with Crippen molar-refractivity contribution in [3.63, 3.8) is 0 Å². The molecule has 0 atom stereocenters. The fourth-order valence-electron chi connectivity index (χ4n) is 7.41.